The number of aromatic carboxylic acids is 1. The van der Waals surface area contributed by atoms with Crippen LogP contribution in [0, 0.1) is 13.8 Å². The number of hydrogen-bond acceptors (Lipinski definition) is 3. The van der Waals surface area contributed by atoms with Crippen LogP contribution < -0.4 is 15.7 Å². The second kappa shape index (κ2) is 8.26. The van der Waals surface area contributed by atoms with E-state index in [2.05, 4.69) is 10.3 Å². The van der Waals surface area contributed by atoms with E-state index in [9.17, 15) is 9.90 Å². The highest BCUT2D eigenvalue weighted by molar-refractivity contribution is 6.08. The Kier molecular flexibility index (Phi) is 4.85. The van der Waals surface area contributed by atoms with Gasteiger partial charge in [-0.05, 0) is 57.0 Å². The number of carboxylic acids is 1. The molecule has 0 atom stereocenters. The molecular formula is C26H27N2O3+. The molecule has 2 aliphatic rings. The summed E-state index contributed by atoms with van der Waals surface area (Å²) < 4.78 is 24.0. The number of anilines is 1. The summed E-state index contributed by atoms with van der Waals surface area (Å²) >= 11 is 0. The molecule has 0 fully saturated rings. The third-order valence-electron chi connectivity index (χ3n) is 5.35. The van der Waals surface area contributed by atoms with Gasteiger partial charge in [0.25, 0.3) is 0 Å². The highest BCUT2D eigenvalue weighted by Gasteiger charge is 2.23. The third kappa shape index (κ3) is 3.67. The molecule has 5 heteroatoms. The number of hydrogen-bond donors (Lipinski definition) is 3. The Morgan fingerprint density at radius 1 is 1.13 bits per heavy atom. The highest BCUT2D eigenvalue weighted by Crippen LogP contribution is 2.42. The van der Waals surface area contributed by atoms with E-state index in [-0.39, 0.29) is 17.6 Å². The predicted molar refractivity (Wildman–Crippen MR) is 124 cm³/mol. The van der Waals surface area contributed by atoms with Crippen LogP contribution in [0.15, 0.2) is 52.9 Å². The van der Waals surface area contributed by atoms with E-state index in [0.29, 0.717) is 57.6 Å². The zero-order valence-electron chi connectivity index (χ0n) is 20.1. The molecule has 0 aromatic heterocycles. The number of carbonyl (C=O) groups is 1. The van der Waals surface area contributed by atoms with Crippen molar-refractivity contribution in [3.8, 4) is 22.5 Å². The first-order valence-corrected chi connectivity index (χ1v) is 10.4. The van der Waals surface area contributed by atoms with Crippen molar-refractivity contribution in [2.45, 2.75) is 27.7 Å². The molecule has 31 heavy (non-hydrogen) atoms. The van der Waals surface area contributed by atoms with Gasteiger partial charge >= 0.3 is 5.97 Å². The van der Waals surface area contributed by atoms with Crippen LogP contribution in [0.5, 0.6) is 0 Å². The van der Waals surface area contributed by atoms with Gasteiger partial charge in [0.2, 0.25) is 5.36 Å². The molecule has 0 saturated carbocycles. The molecule has 1 aliphatic carbocycles. The molecule has 2 aromatic carbocycles. The van der Waals surface area contributed by atoms with Crippen molar-refractivity contribution in [2.75, 3.05) is 18.4 Å². The minimum Gasteiger partial charge on any atom is -0.478 e. The lowest BCUT2D eigenvalue weighted by Crippen LogP contribution is -2.76. The third-order valence-corrected chi connectivity index (χ3v) is 5.35. The fourth-order valence-corrected chi connectivity index (χ4v) is 3.95. The quantitative estimate of drug-likeness (QED) is 0.430. The molecule has 4 rings (SSSR count). The van der Waals surface area contributed by atoms with Crippen LogP contribution in [0.4, 0.5) is 5.69 Å². The maximum atomic E-state index is 12.1. The van der Waals surface area contributed by atoms with Gasteiger partial charge in [0.05, 0.1) is 14.3 Å². The standard InChI is InChI=1S/C26H26N2O3/c1-5-27-21-13-23-19(11-15(21)3)25(17-9-7-8-10-18(17)26(29)30)20-12-16(4)22(28-6-2)14-24(20)31-23/h7-14,27H,5-6H2,1-4H3,(H,29,30)/p+1/i13D,14D. The van der Waals surface area contributed by atoms with Gasteiger partial charge in [0.15, 0.2) is 0 Å². The normalized spacial score (nSPS) is 12.8. The van der Waals surface area contributed by atoms with Crippen molar-refractivity contribution in [1.82, 2.24) is 0 Å². The fourth-order valence-electron chi connectivity index (χ4n) is 3.95. The van der Waals surface area contributed by atoms with E-state index in [1.54, 1.807) is 24.3 Å². The van der Waals surface area contributed by atoms with Crippen LogP contribution in [0.3, 0.4) is 0 Å². The summed E-state index contributed by atoms with van der Waals surface area (Å²) in [5.74, 6) is -0.717. The smallest absolute Gasteiger partial charge is 0.336 e. The molecule has 3 N–H and O–H groups in total. The maximum absolute atomic E-state index is 12.1. The fraction of sp³-hybridized carbons (Fsp3) is 0.231. The van der Waals surface area contributed by atoms with Crippen LogP contribution in [0.25, 0.3) is 33.4 Å². The van der Waals surface area contributed by atoms with E-state index >= 15 is 0 Å². The summed E-state index contributed by atoms with van der Waals surface area (Å²) in [5.41, 5.74) is 4.70. The number of rotatable bonds is 5. The summed E-state index contributed by atoms with van der Waals surface area (Å²) in [5, 5.41) is 14.4. The zero-order valence-corrected chi connectivity index (χ0v) is 18.1. The van der Waals surface area contributed by atoms with Crippen molar-refractivity contribution in [1.29, 1.82) is 0 Å². The Morgan fingerprint density at radius 2 is 1.90 bits per heavy atom. The molecule has 2 aromatic rings. The SMILES string of the molecule is [2H]c1c2oc3c([2H])c(NCC)c(C)cc3c(-c3ccccc3C(=O)O)c-2cc(C)c1=[NH+]CC. The topological polar surface area (TPSA) is 76.4 Å². The summed E-state index contributed by atoms with van der Waals surface area (Å²) in [6, 6.07) is 11.1. The second-order valence-corrected chi connectivity index (χ2v) is 7.53. The molecule has 0 unspecified atom stereocenters. The second-order valence-electron chi connectivity index (χ2n) is 7.53. The Morgan fingerprint density at radius 3 is 2.61 bits per heavy atom. The summed E-state index contributed by atoms with van der Waals surface area (Å²) in [7, 11) is 0. The van der Waals surface area contributed by atoms with Gasteiger partial charge < -0.3 is 14.8 Å². The molecule has 0 spiro atoms. The lowest BCUT2D eigenvalue weighted by molar-refractivity contribution is -0.496. The largest absolute Gasteiger partial charge is 0.478 e. The Hall–Kier alpha value is -3.60. The van der Waals surface area contributed by atoms with Crippen molar-refractivity contribution in [3.63, 3.8) is 0 Å². The van der Waals surface area contributed by atoms with Gasteiger partial charge in [0.1, 0.15) is 17.9 Å². The van der Waals surface area contributed by atoms with Crippen LogP contribution >= 0.6 is 0 Å². The minimum absolute atomic E-state index is 0.159. The number of carboxylic acid groups (broad SMARTS) is 1. The molecule has 1 heterocycles. The van der Waals surface area contributed by atoms with Crippen LogP contribution in [-0.4, -0.2) is 24.2 Å². The van der Waals surface area contributed by atoms with Crippen molar-refractivity contribution >= 4 is 22.6 Å². The lowest BCUT2D eigenvalue weighted by Gasteiger charge is -2.18. The van der Waals surface area contributed by atoms with Gasteiger partial charge in [0, 0.05) is 40.4 Å². The van der Waals surface area contributed by atoms with E-state index in [4.69, 9.17) is 7.16 Å². The average molecular weight is 418 g/mol. The van der Waals surface area contributed by atoms with Crippen LogP contribution in [0.2, 0.25) is 0 Å². The van der Waals surface area contributed by atoms with Crippen molar-refractivity contribution < 1.29 is 22.1 Å². The molecule has 1 aliphatic heterocycles. The van der Waals surface area contributed by atoms with E-state index in [1.807, 2.05) is 39.8 Å². The molecule has 158 valence electrons. The molecule has 0 radical (unpaired) electrons. The number of nitrogens with one attached hydrogen (secondary N) is 2. The first-order valence-electron chi connectivity index (χ1n) is 11.4. The van der Waals surface area contributed by atoms with E-state index < -0.39 is 5.97 Å². The molecule has 0 bridgehead atoms. The van der Waals surface area contributed by atoms with Crippen molar-refractivity contribution in [2.24, 2.45) is 0 Å². The van der Waals surface area contributed by atoms with Crippen molar-refractivity contribution in [3.05, 3.63) is 70.5 Å². The van der Waals surface area contributed by atoms with Gasteiger partial charge in [-0.1, -0.05) is 18.2 Å². The minimum atomic E-state index is -1.04. The van der Waals surface area contributed by atoms with Crippen LogP contribution in [0.1, 0.15) is 38.1 Å². The molecular weight excluding hydrogens is 388 g/mol. The summed E-state index contributed by atoms with van der Waals surface area (Å²) in [6.07, 6.45) is 0. The van der Waals surface area contributed by atoms with E-state index in [1.165, 1.54) is 0 Å². The zero-order chi connectivity index (χ0) is 23.9. The summed E-state index contributed by atoms with van der Waals surface area (Å²) in [4.78, 5) is 15.3. The number of aryl methyl sites for hydroxylation is 2. The summed E-state index contributed by atoms with van der Waals surface area (Å²) in [6.45, 7) is 9.05. The van der Waals surface area contributed by atoms with E-state index in [0.717, 1.165) is 11.1 Å². The molecule has 0 amide bonds. The van der Waals surface area contributed by atoms with Crippen LogP contribution in [-0.2, 0) is 0 Å². The molecule has 5 nitrogen and oxygen atoms in total. The average Bonchev–Trinajstić information content (AvgIpc) is 2.78. The van der Waals surface area contributed by atoms with Gasteiger partial charge in [-0.2, -0.15) is 0 Å². The Bertz CT molecular complexity index is 1440. The predicted octanol–water partition coefficient (Wildman–Crippen LogP) is 3.95. The molecule has 0 saturated heterocycles. The Labute approximate surface area is 184 Å². The monoisotopic (exact) mass is 417 g/mol. The number of fused-ring (bicyclic) bond motifs is 2. The van der Waals surface area contributed by atoms with Gasteiger partial charge in [-0.3, -0.25) is 0 Å². The maximum Gasteiger partial charge on any atom is 0.336 e. The first-order chi connectivity index (χ1) is 15.8. The number of benzene rings is 3. The highest BCUT2D eigenvalue weighted by atomic mass is 16.4. The van der Waals surface area contributed by atoms with Gasteiger partial charge in [-0.15, -0.1) is 0 Å². The Balaban J connectivity index is 2.30. The first kappa shape index (κ1) is 18.2. The van der Waals surface area contributed by atoms with Gasteiger partial charge in [-0.25, -0.2) is 9.79 Å². The lowest BCUT2D eigenvalue weighted by atomic mass is 9.89.